The third kappa shape index (κ3) is 2.91. The topological polar surface area (TPSA) is 46.1 Å². The van der Waals surface area contributed by atoms with Gasteiger partial charge in [0.2, 0.25) is 5.91 Å². The summed E-state index contributed by atoms with van der Waals surface area (Å²) in [6, 6.07) is 10.4. The van der Waals surface area contributed by atoms with E-state index in [1.54, 1.807) is 17.7 Å². The van der Waals surface area contributed by atoms with E-state index in [2.05, 4.69) is 28.2 Å². The van der Waals surface area contributed by atoms with Gasteiger partial charge in [-0.25, -0.2) is 9.97 Å². The van der Waals surface area contributed by atoms with Crippen LogP contribution in [0.15, 0.2) is 47.1 Å². The molecule has 4 nitrogen and oxygen atoms in total. The van der Waals surface area contributed by atoms with Crippen LogP contribution in [0, 0.1) is 0 Å². The van der Waals surface area contributed by atoms with E-state index >= 15 is 0 Å². The molecule has 1 aromatic carbocycles. The highest BCUT2D eigenvalue weighted by molar-refractivity contribution is 8.00. The maximum Gasteiger partial charge on any atom is 0.236 e. The number of hydrogen-bond donors (Lipinski definition) is 0. The second kappa shape index (κ2) is 6.53. The zero-order chi connectivity index (χ0) is 16.5. The molecule has 3 aromatic rings. The molecular weight excluding hydrogens is 338 g/mol. The zero-order valence-corrected chi connectivity index (χ0v) is 14.9. The van der Waals surface area contributed by atoms with Crippen LogP contribution in [0.25, 0.3) is 10.2 Å². The number of nitrogens with zero attached hydrogens (tertiary/aromatic N) is 3. The van der Waals surface area contributed by atoms with Crippen molar-refractivity contribution in [3.05, 3.63) is 53.2 Å². The van der Waals surface area contributed by atoms with Crippen molar-refractivity contribution in [1.29, 1.82) is 0 Å². The average molecular weight is 355 g/mol. The van der Waals surface area contributed by atoms with Gasteiger partial charge in [0.15, 0.2) is 0 Å². The number of aromatic nitrogens is 2. The molecule has 0 spiro atoms. The Morgan fingerprint density at radius 2 is 2.08 bits per heavy atom. The number of thiophene rings is 1. The largest absolute Gasteiger partial charge is 0.337 e. The number of benzene rings is 1. The molecule has 0 radical (unpaired) electrons. The third-order valence-electron chi connectivity index (χ3n) is 4.30. The molecule has 2 aromatic heterocycles. The van der Waals surface area contributed by atoms with Crippen molar-refractivity contribution in [3.63, 3.8) is 0 Å². The fraction of sp³-hybridized carbons (Fsp3) is 0.278. The lowest BCUT2D eigenvalue weighted by molar-refractivity contribution is -0.131. The van der Waals surface area contributed by atoms with E-state index in [9.17, 15) is 4.79 Å². The van der Waals surface area contributed by atoms with Crippen LogP contribution in [0.5, 0.6) is 0 Å². The first-order chi connectivity index (χ1) is 11.7. The standard InChI is InChI=1S/C18H17N3OS2/c1-12(24-17-15-7-9-23-16(15)19-11-20-17)18(22)21-8-6-13-4-2-3-5-14(13)10-21/h2-5,7,9,11-12H,6,8,10H2,1H3/t12-/m0/s1. The molecule has 24 heavy (non-hydrogen) atoms. The van der Waals surface area contributed by atoms with Crippen molar-refractivity contribution < 1.29 is 4.79 Å². The maximum atomic E-state index is 12.9. The fourth-order valence-electron chi connectivity index (χ4n) is 3.02. The Labute approximate surface area is 148 Å². The van der Waals surface area contributed by atoms with Crippen molar-refractivity contribution in [2.75, 3.05) is 6.54 Å². The van der Waals surface area contributed by atoms with Crippen LogP contribution in [-0.2, 0) is 17.8 Å². The second-order valence-corrected chi connectivity index (χ2v) is 8.08. The van der Waals surface area contributed by atoms with Gasteiger partial charge in [0.25, 0.3) is 0 Å². The lowest BCUT2D eigenvalue weighted by Crippen LogP contribution is -2.40. The van der Waals surface area contributed by atoms with Crippen LogP contribution in [0.3, 0.4) is 0 Å². The lowest BCUT2D eigenvalue weighted by atomic mass is 10.00. The van der Waals surface area contributed by atoms with E-state index in [-0.39, 0.29) is 11.2 Å². The molecule has 1 amide bonds. The first-order valence-corrected chi connectivity index (χ1v) is 9.69. The van der Waals surface area contributed by atoms with E-state index in [1.165, 1.54) is 22.9 Å². The number of amides is 1. The van der Waals surface area contributed by atoms with Gasteiger partial charge in [-0.3, -0.25) is 4.79 Å². The summed E-state index contributed by atoms with van der Waals surface area (Å²) in [4.78, 5) is 24.4. The SMILES string of the molecule is C[C@H](Sc1ncnc2sccc12)C(=O)N1CCc2ccccc2C1. The van der Waals surface area contributed by atoms with Crippen LogP contribution in [-0.4, -0.2) is 32.6 Å². The van der Waals surface area contributed by atoms with Crippen LogP contribution in [0.4, 0.5) is 0 Å². The Bertz CT molecular complexity index is 893. The molecule has 0 bridgehead atoms. The van der Waals surface area contributed by atoms with Gasteiger partial charge in [0.05, 0.1) is 5.25 Å². The van der Waals surface area contributed by atoms with Gasteiger partial charge in [-0.1, -0.05) is 36.0 Å². The van der Waals surface area contributed by atoms with Crippen LogP contribution in [0.1, 0.15) is 18.1 Å². The maximum absolute atomic E-state index is 12.9. The summed E-state index contributed by atoms with van der Waals surface area (Å²) in [5.41, 5.74) is 2.62. The van der Waals surface area contributed by atoms with E-state index in [0.717, 1.165) is 28.2 Å². The molecule has 122 valence electrons. The number of fused-ring (bicyclic) bond motifs is 2. The number of rotatable bonds is 3. The molecule has 0 N–H and O–H groups in total. The predicted octanol–water partition coefficient (Wildman–Crippen LogP) is 3.76. The molecule has 1 aliphatic rings. The van der Waals surface area contributed by atoms with Gasteiger partial charge in [-0.05, 0) is 35.9 Å². The molecule has 0 aliphatic carbocycles. The monoisotopic (exact) mass is 355 g/mol. The molecule has 1 atom stereocenters. The van der Waals surface area contributed by atoms with Crippen molar-refractivity contribution in [1.82, 2.24) is 14.9 Å². The summed E-state index contributed by atoms with van der Waals surface area (Å²) in [6.07, 6.45) is 2.51. The van der Waals surface area contributed by atoms with Gasteiger partial charge >= 0.3 is 0 Å². The average Bonchev–Trinajstić information content (AvgIpc) is 3.10. The van der Waals surface area contributed by atoms with Crippen LogP contribution >= 0.6 is 23.1 Å². The van der Waals surface area contributed by atoms with E-state index in [1.807, 2.05) is 29.3 Å². The van der Waals surface area contributed by atoms with Crippen LogP contribution in [0.2, 0.25) is 0 Å². The molecule has 6 heteroatoms. The number of thioether (sulfide) groups is 1. The Hall–Kier alpha value is -1.92. The van der Waals surface area contributed by atoms with Gasteiger partial charge in [-0.2, -0.15) is 0 Å². The molecule has 0 saturated carbocycles. The highest BCUT2D eigenvalue weighted by atomic mass is 32.2. The van der Waals surface area contributed by atoms with Crippen molar-refractivity contribution in [2.45, 2.75) is 30.2 Å². The minimum Gasteiger partial charge on any atom is -0.337 e. The summed E-state index contributed by atoms with van der Waals surface area (Å²) in [5.74, 6) is 0.177. The van der Waals surface area contributed by atoms with Gasteiger partial charge in [0.1, 0.15) is 16.2 Å². The summed E-state index contributed by atoms with van der Waals surface area (Å²) in [5, 5.41) is 3.78. The molecule has 0 saturated heterocycles. The highest BCUT2D eigenvalue weighted by Gasteiger charge is 2.26. The predicted molar refractivity (Wildman–Crippen MR) is 98.3 cm³/mol. The van der Waals surface area contributed by atoms with E-state index < -0.39 is 0 Å². The smallest absolute Gasteiger partial charge is 0.236 e. The molecule has 0 unspecified atom stereocenters. The molecule has 4 rings (SSSR count). The summed E-state index contributed by atoms with van der Waals surface area (Å²) < 4.78 is 0. The Kier molecular flexibility index (Phi) is 4.24. The number of carbonyl (C=O) groups excluding carboxylic acids is 1. The van der Waals surface area contributed by atoms with E-state index in [0.29, 0.717) is 6.54 Å². The molecule has 1 aliphatic heterocycles. The first-order valence-electron chi connectivity index (χ1n) is 7.93. The van der Waals surface area contributed by atoms with Gasteiger partial charge < -0.3 is 4.90 Å². The first kappa shape index (κ1) is 15.6. The number of carbonyl (C=O) groups is 1. The molecule has 3 heterocycles. The highest BCUT2D eigenvalue weighted by Crippen LogP contribution is 2.31. The van der Waals surface area contributed by atoms with Gasteiger partial charge in [0, 0.05) is 18.5 Å². The normalized spacial score (nSPS) is 15.3. The Morgan fingerprint density at radius 3 is 2.96 bits per heavy atom. The van der Waals surface area contributed by atoms with Crippen LogP contribution < -0.4 is 0 Å². The lowest BCUT2D eigenvalue weighted by Gasteiger charge is -2.30. The second-order valence-electron chi connectivity index (χ2n) is 5.86. The fourth-order valence-corrected chi connectivity index (χ4v) is 4.80. The Balaban J connectivity index is 1.50. The minimum atomic E-state index is -0.159. The summed E-state index contributed by atoms with van der Waals surface area (Å²) >= 11 is 3.12. The third-order valence-corrected chi connectivity index (χ3v) is 6.23. The summed E-state index contributed by atoms with van der Waals surface area (Å²) in [6.45, 7) is 3.46. The van der Waals surface area contributed by atoms with Gasteiger partial charge in [-0.15, -0.1) is 11.3 Å². The van der Waals surface area contributed by atoms with E-state index in [4.69, 9.17) is 0 Å². The summed E-state index contributed by atoms with van der Waals surface area (Å²) in [7, 11) is 0. The Morgan fingerprint density at radius 1 is 1.25 bits per heavy atom. The quantitative estimate of drug-likeness (QED) is 0.530. The van der Waals surface area contributed by atoms with Crippen molar-refractivity contribution in [3.8, 4) is 0 Å². The number of hydrogen-bond acceptors (Lipinski definition) is 5. The molecule has 0 fully saturated rings. The zero-order valence-electron chi connectivity index (χ0n) is 13.3. The van der Waals surface area contributed by atoms with Crippen molar-refractivity contribution in [2.24, 2.45) is 0 Å². The van der Waals surface area contributed by atoms with Crippen molar-refractivity contribution >= 4 is 39.2 Å². The minimum absolute atomic E-state index is 0.159. The molecular formula is C18H17N3OS2.